The maximum Gasteiger partial charge on any atom is 0.0233 e. The molecule has 0 aromatic heterocycles. The molecule has 1 N–H and O–H groups in total. The Hall–Kier alpha value is -0.860. The first kappa shape index (κ1) is 15.5. The number of hydrogen-bond acceptors (Lipinski definition) is 2. The molecule has 112 valence electrons. The summed E-state index contributed by atoms with van der Waals surface area (Å²) in [7, 11) is 0. The van der Waals surface area contributed by atoms with E-state index >= 15 is 0 Å². The van der Waals surface area contributed by atoms with Gasteiger partial charge in [0.25, 0.3) is 0 Å². The third kappa shape index (κ3) is 4.92. The minimum atomic E-state index is 0.967. The molecule has 1 aromatic carbocycles. The summed E-state index contributed by atoms with van der Waals surface area (Å²) in [6.07, 6.45) is 5.47. The SMILES string of the molecule is CCNCCc1ccc(CN(CC)CC2CCC2)cc1. The van der Waals surface area contributed by atoms with Gasteiger partial charge < -0.3 is 5.32 Å². The molecule has 1 aliphatic carbocycles. The lowest BCUT2D eigenvalue weighted by molar-refractivity contribution is 0.178. The van der Waals surface area contributed by atoms with Crippen LogP contribution >= 0.6 is 0 Å². The highest BCUT2D eigenvalue weighted by Gasteiger charge is 2.19. The Morgan fingerprint density at radius 1 is 1.10 bits per heavy atom. The van der Waals surface area contributed by atoms with Crippen molar-refractivity contribution in [3.05, 3.63) is 35.4 Å². The highest BCUT2D eigenvalue weighted by molar-refractivity contribution is 5.22. The van der Waals surface area contributed by atoms with Gasteiger partial charge >= 0.3 is 0 Å². The van der Waals surface area contributed by atoms with Gasteiger partial charge in [0.2, 0.25) is 0 Å². The zero-order chi connectivity index (χ0) is 14.2. The van der Waals surface area contributed by atoms with Crippen molar-refractivity contribution in [2.75, 3.05) is 26.2 Å². The van der Waals surface area contributed by atoms with Crippen molar-refractivity contribution in [2.24, 2.45) is 5.92 Å². The van der Waals surface area contributed by atoms with Crippen LogP contribution in [0.2, 0.25) is 0 Å². The zero-order valence-corrected chi connectivity index (χ0v) is 13.2. The molecule has 0 radical (unpaired) electrons. The Kier molecular flexibility index (Phi) is 6.55. The average Bonchev–Trinajstić information content (AvgIpc) is 2.43. The number of benzene rings is 1. The summed E-state index contributed by atoms with van der Waals surface area (Å²) < 4.78 is 0. The molecule has 0 atom stereocenters. The fourth-order valence-corrected chi connectivity index (χ4v) is 2.83. The first-order valence-electron chi connectivity index (χ1n) is 8.32. The van der Waals surface area contributed by atoms with Crippen LogP contribution in [-0.2, 0) is 13.0 Å². The standard InChI is InChI=1S/C18H30N2/c1-3-19-13-12-16-8-10-18(11-9-16)15-20(4-2)14-17-6-5-7-17/h8-11,17,19H,3-7,12-15H2,1-2H3. The van der Waals surface area contributed by atoms with Gasteiger partial charge in [0.05, 0.1) is 0 Å². The van der Waals surface area contributed by atoms with E-state index in [0.717, 1.165) is 32.0 Å². The third-order valence-electron chi connectivity index (χ3n) is 4.46. The maximum atomic E-state index is 3.38. The largest absolute Gasteiger partial charge is 0.317 e. The molecule has 1 saturated carbocycles. The molecular weight excluding hydrogens is 244 g/mol. The number of nitrogens with zero attached hydrogens (tertiary/aromatic N) is 1. The van der Waals surface area contributed by atoms with Gasteiger partial charge in [-0.15, -0.1) is 0 Å². The van der Waals surface area contributed by atoms with E-state index in [1.54, 1.807) is 0 Å². The minimum Gasteiger partial charge on any atom is -0.317 e. The molecule has 0 aliphatic heterocycles. The van der Waals surface area contributed by atoms with Gasteiger partial charge in [-0.25, -0.2) is 0 Å². The van der Waals surface area contributed by atoms with Crippen LogP contribution in [0.1, 0.15) is 44.2 Å². The summed E-state index contributed by atoms with van der Waals surface area (Å²) in [6, 6.07) is 9.21. The van der Waals surface area contributed by atoms with Gasteiger partial charge in [-0.2, -0.15) is 0 Å². The number of nitrogens with one attached hydrogen (secondary N) is 1. The summed E-state index contributed by atoms with van der Waals surface area (Å²) in [4.78, 5) is 2.59. The van der Waals surface area contributed by atoms with E-state index in [2.05, 4.69) is 48.3 Å². The van der Waals surface area contributed by atoms with Crippen LogP contribution in [0, 0.1) is 5.92 Å². The lowest BCUT2D eigenvalue weighted by Crippen LogP contribution is -2.32. The van der Waals surface area contributed by atoms with Gasteiger partial charge in [-0.3, -0.25) is 4.90 Å². The molecule has 0 bridgehead atoms. The zero-order valence-electron chi connectivity index (χ0n) is 13.2. The fourth-order valence-electron chi connectivity index (χ4n) is 2.83. The van der Waals surface area contributed by atoms with Crippen LogP contribution in [0.25, 0.3) is 0 Å². The third-order valence-corrected chi connectivity index (χ3v) is 4.46. The highest BCUT2D eigenvalue weighted by atomic mass is 15.1. The first-order chi connectivity index (χ1) is 9.81. The summed E-state index contributed by atoms with van der Waals surface area (Å²) in [5, 5.41) is 3.38. The van der Waals surface area contributed by atoms with E-state index in [9.17, 15) is 0 Å². The van der Waals surface area contributed by atoms with Crippen LogP contribution in [0.5, 0.6) is 0 Å². The second-order valence-corrected chi connectivity index (χ2v) is 6.04. The lowest BCUT2D eigenvalue weighted by atomic mass is 9.85. The second-order valence-electron chi connectivity index (χ2n) is 6.04. The molecule has 0 amide bonds. The van der Waals surface area contributed by atoms with E-state index in [1.165, 1.54) is 43.5 Å². The van der Waals surface area contributed by atoms with Gasteiger partial charge in [-0.05, 0) is 55.9 Å². The normalized spacial score (nSPS) is 15.6. The van der Waals surface area contributed by atoms with Crippen LogP contribution in [0.3, 0.4) is 0 Å². The Morgan fingerprint density at radius 2 is 1.80 bits per heavy atom. The summed E-state index contributed by atoms with van der Waals surface area (Å²) in [6.45, 7) is 10.1. The van der Waals surface area contributed by atoms with Crippen LogP contribution in [-0.4, -0.2) is 31.1 Å². The monoisotopic (exact) mass is 274 g/mol. The molecule has 0 saturated heterocycles. The van der Waals surface area contributed by atoms with Crippen molar-refractivity contribution in [1.82, 2.24) is 10.2 Å². The molecule has 0 spiro atoms. The second kappa shape index (κ2) is 8.43. The molecule has 1 fully saturated rings. The summed E-state index contributed by atoms with van der Waals surface area (Å²) in [5.74, 6) is 0.967. The maximum absolute atomic E-state index is 3.38. The predicted octanol–water partition coefficient (Wildman–Crippen LogP) is 3.46. The molecule has 2 rings (SSSR count). The van der Waals surface area contributed by atoms with Crippen molar-refractivity contribution >= 4 is 0 Å². The number of rotatable bonds is 9. The fraction of sp³-hybridized carbons (Fsp3) is 0.667. The molecule has 1 aliphatic rings. The van der Waals surface area contributed by atoms with Crippen molar-refractivity contribution in [2.45, 2.75) is 46.1 Å². The smallest absolute Gasteiger partial charge is 0.0233 e. The lowest BCUT2D eigenvalue weighted by Gasteiger charge is -2.31. The van der Waals surface area contributed by atoms with E-state index < -0.39 is 0 Å². The molecular formula is C18H30N2. The summed E-state index contributed by atoms with van der Waals surface area (Å²) in [5.41, 5.74) is 2.90. The van der Waals surface area contributed by atoms with Crippen LogP contribution in [0.4, 0.5) is 0 Å². The van der Waals surface area contributed by atoms with Crippen molar-refractivity contribution < 1.29 is 0 Å². The van der Waals surface area contributed by atoms with Crippen LogP contribution < -0.4 is 5.32 Å². The van der Waals surface area contributed by atoms with Gasteiger partial charge in [0, 0.05) is 13.1 Å². The van der Waals surface area contributed by atoms with Crippen molar-refractivity contribution in [3.8, 4) is 0 Å². The van der Waals surface area contributed by atoms with Gasteiger partial charge in [0.15, 0.2) is 0 Å². The Balaban J connectivity index is 1.78. The average molecular weight is 274 g/mol. The topological polar surface area (TPSA) is 15.3 Å². The molecule has 0 unspecified atom stereocenters. The van der Waals surface area contributed by atoms with E-state index in [0.29, 0.717) is 0 Å². The molecule has 20 heavy (non-hydrogen) atoms. The molecule has 1 aromatic rings. The number of hydrogen-bond donors (Lipinski definition) is 1. The predicted molar refractivity (Wildman–Crippen MR) is 87.0 cm³/mol. The molecule has 2 heteroatoms. The van der Waals surface area contributed by atoms with Gasteiger partial charge in [-0.1, -0.05) is 44.5 Å². The Labute approximate surface area is 124 Å². The Bertz CT molecular complexity index is 368. The van der Waals surface area contributed by atoms with Crippen molar-refractivity contribution in [1.29, 1.82) is 0 Å². The van der Waals surface area contributed by atoms with Crippen molar-refractivity contribution in [3.63, 3.8) is 0 Å². The van der Waals surface area contributed by atoms with E-state index in [-0.39, 0.29) is 0 Å². The van der Waals surface area contributed by atoms with E-state index in [1.807, 2.05) is 0 Å². The quantitative estimate of drug-likeness (QED) is 0.694. The highest BCUT2D eigenvalue weighted by Crippen LogP contribution is 2.27. The summed E-state index contributed by atoms with van der Waals surface area (Å²) >= 11 is 0. The molecule has 0 heterocycles. The van der Waals surface area contributed by atoms with Crippen LogP contribution in [0.15, 0.2) is 24.3 Å². The number of likely N-dealkylation sites (N-methyl/N-ethyl adjacent to an activating group) is 1. The Morgan fingerprint density at radius 3 is 2.35 bits per heavy atom. The van der Waals surface area contributed by atoms with Gasteiger partial charge in [0.1, 0.15) is 0 Å². The van der Waals surface area contributed by atoms with E-state index in [4.69, 9.17) is 0 Å². The molecule has 2 nitrogen and oxygen atoms in total. The first-order valence-corrected chi connectivity index (χ1v) is 8.32. The minimum absolute atomic E-state index is 0.967.